The summed E-state index contributed by atoms with van der Waals surface area (Å²) in [6, 6.07) is 13.5. The highest BCUT2D eigenvalue weighted by Gasteiger charge is 2.45. The van der Waals surface area contributed by atoms with Crippen molar-refractivity contribution >= 4 is 75.0 Å². The predicted molar refractivity (Wildman–Crippen MR) is 214 cm³/mol. The van der Waals surface area contributed by atoms with Gasteiger partial charge in [0, 0.05) is 52.9 Å². The first kappa shape index (κ1) is 40.9. The van der Waals surface area contributed by atoms with Crippen LogP contribution in [0.25, 0.3) is 21.5 Å². The zero-order valence-electron chi connectivity index (χ0n) is 31.4. The topological polar surface area (TPSA) is 207 Å². The maximum atomic E-state index is 12.3. The molecule has 16 heteroatoms. The smallest absolute Gasteiger partial charge is 0.303 e. The first-order chi connectivity index (χ1) is 26.0. The first-order valence-corrected chi connectivity index (χ1v) is 22.0. The maximum Gasteiger partial charge on any atom is 0.303 e. The molecule has 0 radical (unpaired) electrons. The Kier molecular flexibility index (Phi) is 10.5. The highest BCUT2D eigenvalue weighted by molar-refractivity contribution is 7.87. The van der Waals surface area contributed by atoms with E-state index in [2.05, 4.69) is 4.90 Å². The third kappa shape index (κ3) is 7.44. The van der Waals surface area contributed by atoms with Crippen molar-refractivity contribution in [2.45, 2.75) is 78.9 Å². The molecule has 0 bridgehead atoms. The molecule has 296 valence electrons. The van der Waals surface area contributed by atoms with Crippen molar-refractivity contribution in [3.63, 3.8) is 0 Å². The maximum absolute atomic E-state index is 12.3. The summed E-state index contributed by atoms with van der Waals surface area (Å²) in [6.45, 7) is 8.46. The summed E-state index contributed by atoms with van der Waals surface area (Å²) in [7, 11) is -12.3. The Balaban J connectivity index is 1.37. The third-order valence-electron chi connectivity index (χ3n) is 10.7. The van der Waals surface area contributed by atoms with Gasteiger partial charge >= 0.3 is 5.97 Å². The summed E-state index contributed by atoms with van der Waals surface area (Å²) in [4.78, 5) is 11.8. The largest absolute Gasteiger partial charge is 0.481 e. The SMILES string of the molecule is C[N+]1=C(/C=C/C=C/C=C2/N(CCCCCC(=O)O)c3ccc4ccc(S(=O)(=O)O)cc4c3C2(C)C)C(C)(C)c2c1ccc1c(S(=O)(=O)O)cc(S(=O)(=O)O)cc21. The Bertz CT molecular complexity index is 2800. The van der Waals surface area contributed by atoms with Gasteiger partial charge in [0.2, 0.25) is 5.69 Å². The number of carboxylic acid groups (broad SMARTS) is 1. The van der Waals surface area contributed by atoms with Crippen LogP contribution in [0.1, 0.15) is 64.5 Å². The predicted octanol–water partition coefficient (Wildman–Crippen LogP) is 7.18. The second-order valence-electron chi connectivity index (χ2n) is 15.1. The highest BCUT2D eigenvalue weighted by atomic mass is 32.2. The van der Waals surface area contributed by atoms with Crippen LogP contribution in [-0.2, 0) is 46.0 Å². The highest BCUT2D eigenvalue weighted by Crippen LogP contribution is 2.51. The van der Waals surface area contributed by atoms with Gasteiger partial charge in [-0.05, 0) is 90.9 Å². The molecule has 0 fully saturated rings. The summed E-state index contributed by atoms with van der Waals surface area (Å²) in [5.74, 6) is -0.849. The van der Waals surface area contributed by atoms with E-state index in [9.17, 15) is 43.7 Å². The Morgan fingerprint density at radius 2 is 1.38 bits per heavy atom. The summed E-state index contributed by atoms with van der Waals surface area (Å²) >= 11 is 0. The van der Waals surface area contributed by atoms with Crippen molar-refractivity contribution in [2.75, 3.05) is 18.5 Å². The number of hydrogen-bond donors (Lipinski definition) is 4. The fourth-order valence-corrected chi connectivity index (χ4v) is 10.1. The Morgan fingerprint density at radius 1 is 0.714 bits per heavy atom. The van der Waals surface area contributed by atoms with Crippen LogP contribution in [0.5, 0.6) is 0 Å². The zero-order valence-corrected chi connectivity index (χ0v) is 33.8. The standard InChI is InChI=1S/C40H42N2O11S3/c1-39(2)34(41(5)31-20-18-28-30(38(31)39)23-27(55(48,49)50)24-33(28)56(51,52)53)12-8-6-9-13-35-40(3,4)37-29-22-26(54(45,46)47)17-15-25(29)16-19-32(37)42(35)21-11-7-10-14-36(43)44/h6,8-9,12-13,15-20,22-24H,7,10-11,14,21H2,1-5H3,(H3-,43,44,45,46,47,48,49,50,51,52,53)/p+1. The molecule has 0 spiro atoms. The molecule has 56 heavy (non-hydrogen) atoms. The van der Waals surface area contributed by atoms with Crippen molar-refractivity contribution in [3.8, 4) is 0 Å². The summed E-state index contributed by atoms with van der Waals surface area (Å²) in [5.41, 5.74) is 3.36. The molecule has 0 aromatic heterocycles. The number of hydrogen-bond acceptors (Lipinski definition) is 8. The van der Waals surface area contributed by atoms with Gasteiger partial charge < -0.3 is 10.0 Å². The lowest BCUT2D eigenvalue weighted by Gasteiger charge is -2.27. The van der Waals surface area contributed by atoms with E-state index in [1.165, 1.54) is 24.3 Å². The number of unbranched alkanes of at least 4 members (excludes halogenated alkanes) is 2. The van der Waals surface area contributed by atoms with E-state index in [0.29, 0.717) is 42.4 Å². The van der Waals surface area contributed by atoms with E-state index >= 15 is 0 Å². The molecular formula is C40H43N2O11S3+. The normalized spacial score (nSPS) is 17.6. The molecule has 13 nitrogen and oxygen atoms in total. The van der Waals surface area contributed by atoms with E-state index in [1.54, 1.807) is 12.1 Å². The Labute approximate surface area is 326 Å². The fraction of sp³-hybridized carbons (Fsp3) is 0.300. The third-order valence-corrected chi connectivity index (χ3v) is 13.3. The molecule has 0 saturated carbocycles. The number of nitrogens with zero attached hydrogens (tertiary/aromatic N) is 2. The van der Waals surface area contributed by atoms with E-state index < -0.39 is 56.9 Å². The van der Waals surface area contributed by atoms with Crippen molar-refractivity contribution < 1.29 is 53.4 Å². The summed E-state index contributed by atoms with van der Waals surface area (Å²) < 4.78 is 105. The molecule has 2 heterocycles. The number of carbonyl (C=O) groups is 1. The van der Waals surface area contributed by atoms with E-state index in [1.807, 2.05) is 81.8 Å². The molecule has 0 unspecified atom stereocenters. The molecule has 2 aliphatic heterocycles. The van der Waals surface area contributed by atoms with Gasteiger partial charge in [-0.15, -0.1) is 0 Å². The fourth-order valence-electron chi connectivity index (χ4n) is 8.20. The van der Waals surface area contributed by atoms with Crippen LogP contribution in [0.2, 0.25) is 0 Å². The molecule has 0 aliphatic carbocycles. The van der Waals surface area contributed by atoms with Gasteiger partial charge in [0.05, 0.1) is 15.2 Å². The minimum Gasteiger partial charge on any atom is -0.481 e. The molecule has 4 N–H and O–H groups in total. The molecule has 6 rings (SSSR count). The minimum absolute atomic E-state index is 0.0758. The van der Waals surface area contributed by atoms with E-state index in [-0.39, 0.29) is 22.1 Å². The number of aliphatic carboxylic acids is 1. The zero-order chi connectivity index (χ0) is 41.2. The van der Waals surface area contributed by atoms with Crippen molar-refractivity contribution in [1.29, 1.82) is 0 Å². The van der Waals surface area contributed by atoms with E-state index in [0.717, 1.165) is 34.1 Å². The number of rotatable bonds is 12. The average molecular weight is 824 g/mol. The number of fused-ring (bicyclic) bond motifs is 6. The van der Waals surface area contributed by atoms with Crippen molar-refractivity contribution in [2.24, 2.45) is 0 Å². The molecule has 0 saturated heterocycles. The Morgan fingerprint density at radius 3 is 2.02 bits per heavy atom. The van der Waals surface area contributed by atoms with Crippen molar-refractivity contribution in [1.82, 2.24) is 0 Å². The number of benzene rings is 4. The van der Waals surface area contributed by atoms with Crippen molar-refractivity contribution in [3.05, 3.63) is 102 Å². The molecule has 2 aliphatic rings. The number of carboxylic acids is 1. The van der Waals surface area contributed by atoms with Crippen LogP contribution in [0, 0.1) is 0 Å². The second-order valence-corrected chi connectivity index (χ2v) is 19.3. The summed E-state index contributed by atoms with van der Waals surface area (Å²) in [5, 5.41) is 10.9. The summed E-state index contributed by atoms with van der Waals surface area (Å²) in [6.07, 6.45) is 11.4. The van der Waals surface area contributed by atoms with Crippen LogP contribution in [0.4, 0.5) is 11.4 Å². The van der Waals surface area contributed by atoms with Gasteiger partial charge in [-0.1, -0.05) is 50.6 Å². The molecule has 4 aromatic rings. The van der Waals surface area contributed by atoms with Crippen LogP contribution in [-0.4, -0.2) is 73.9 Å². The lowest BCUT2D eigenvalue weighted by molar-refractivity contribution is -0.401. The number of allylic oxidation sites excluding steroid dienone is 6. The lowest BCUT2D eigenvalue weighted by Crippen LogP contribution is -2.27. The minimum atomic E-state index is -4.87. The first-order valence-electron chi connectivity index (χ1n) is 17.7. The molecule has 0 atom stereocenters. The van der Waals surface area contributed by atoms with Gasteiger partial charge in [-0.25, -0.2) is 0 Å². The van der Waals surface area contributed by atoms with Crippen LogP contribution >= 0.6 is 0 Å². The van der Waals surface area contributed by atoms with E-state index in [4.69, 9.17) is 5.11 Å². The van der Waals surface area contributed by atoms with Gasteiger partial charge in [-0.3, -0.25) is 18.5 Å². The quantitative estimate of drug-likeness (QED) is 0.0485. The molecule has 4 aromatic carbocycles. The molecule has 0 amide bonds. The Hall–Kier alpha value is -4.71. The van der Waals surface area contributed by atoms with Crippen LogP contribution in [0.15, 0.2) is 105 Å². The molecular weight excluding hydrogens is 781 g/mol. The lowest BCUT2D eigenvalue weighted by atomic mass is 9.79. The average Bonchev–Trinajstić information content (AvgIpc) is 3.43. The number of anilines is 1. The van der Waals surface area contributed by atoms with Gasteiger partial charge in [0.25, 0.3) is 30.4 Å². The van der Waals surface area contributed by atoms with Gasteiger partial charge in [0.1, 0.15) is 11.9 Å². The van der Waals surface area contributed by atoms with Gasteiger partial charge in [0.15, 0.2) is 5.71 Å². The second kappa shape index (κ2) is 14.3. The van der Waals surface area contributed by atoms with Crippen LogP contribution in [0.3, 0.4) is 0 Å². The van der Waals surface area contributed by atoms with Crippen LogP contribution < -0.4 is 4.90 Å². The monoisotopic (exact) mass is 823 g/mol. The van der Waals surface area contributed by atoms with Gasteiger partial charge in [-0.2, -0.15) is 29.8 Å².